The summed E-state index contributed by atoms with van der Waals surface area (Å²) in [7, 11) is 0. The first-order valence-electron chi connectivity index (χ1n) is 9.10. The minimum absolute atomic E-state index is 0.0406. The van der Waals surface area contributed by atoms with E-state index in [1.807, 2.05) is 54.6 Å². The average molecular weight is 366 g/mol. The first-order valence-corrected chi connectivity index (χ1v) is 9.10. The lowest BCUT2D eigenvalue weighted by molar-refractivity contribution is -0.897. The molecule has 0 radical (unpaired) electrons. The number of hydrogen-bond acceptors (Lipinski definition) is 4. The molecule has 4 N–H and O–H groups in total. The Morgan fingerprint density at radius 2 is 1.56 bits per heavy atom. The van der Waals surface area contributed by atoms with Crippen LogP contribution in [0.15, 0.2) is 64.8 Å². The van der Waals surface area contributed by atoms with Gasteiger partial charge in [-0.2, -0.15) is 10.2 Å². The third-order valence-electron chi connectivity index (χ3n) is 4.69. The highest BCUT2D eigenvalue weighted by Crippen LogP contribution is 2.19. The highest BCUT2D eigenvalue weighted by molar-refractivity contribution is 5.91. The van der Waals surface area contributed by atoms with E-state index in [1.54, 1.807) is 0 Å². The fraction of sp³-hybridized carbons (Fsp3) is 0.300. The zero-order valence-corrected chi connectivity index (χ0v) is 15.1. The van der Waals surface area contributed by atoms with Crippen molar-refractivity contribution >= 4 is 28.9 Å². The number of nitrogens with one attached hydrogen (secondary N) is 2. The highest BCUT2D eigenvalue weighted by atomic mass is 16.2. The van der Waals surface area contributed by atoms with Crippen LogP contribution in [0.2, 0.25) is 0 Å². The van der Waals surface area contributed by atoms with Gasteiger partial charge in [-0.05, 0) is 36.4 Å². The number of azo groups is 1. The Balaban J connectivity index is 1.47. The van der Waals surface area contributed by atoms with Crippen LogP contribution in [-0.4, -0.2) is 31.4 Å². The van der Waals surface area contributed by atoms with Crippen molar-refractivity contribution in [3.63, 3.8) is 0 Å². The smallest absolute Gasteiger partial charge is 0.279 e. The molecule has 3 rings (SSSR count). The van der Waals surface area contributed by atoms with E-state index in [1.165, 1.54) is 4.90 Å². The van der Waals surface area contributed by atoms with Crippen molar-refractivity contribution in [2.45, 2.75) is 12.8 Å². The van der Waals surface area contributed by atoms with Crippen LogP contribution in [0.3, 0.4) is 0 Å². The van der Waals surface area contributed by atoms with Gasteiger partial charge in [0, 0.05) is 24.4 Å². The third-order valence-corrected chi connectivity index (χ3v) is 4.69. The minimum Gasteiger partial charge on any atom is -0.369 e. The zero-order valence-electron chi connectivity index (χ0n) is 15.1. The number of carbonyl (C=O) groups is 2. The average Bonchev–Trinajstić information content (AvgIpc) is 2.68. The SMILES string of the molecule is NC(=O)C1CC[NH+](CC(=O)Nc2ccc(N=Nc3ccccc3)cc2)CC1. The molecular weight excluding hydrogens is 342 g/mol. The van der Waals surface area contributed by atoms with E-state index in [4.69, 9.17) is 5.73 Å². The lowest BCUT2D eigenvalue weighted by atomic mass is 9.96. The number of carbonyl (C=O) groups excluding carboxylic acids is 2. The van der Waals surface area contributed by atoms with E-state index in [9.17, 15) is 9.59 Å². The molecule has 1 aliphatic rings. The van der Waals surface area contributed by atoms with Crippen LogP contribution >= 0.6 is 0 Å². The first-order chi connectivity index (χ1) is 13.1. The van der Waals surface area contributed by atoms with Crippen LogP contribution in [0.4, 0.5) is 17.1 Å². The van der Waals surface area contributed by atoms with Gasteiger partial charge in [0.1, 0.15) is 0 Å². The Hall–Kier alpha value is -3.06. The number of rotatable bonds is 6. The normalized spacial score (nSPS) is 19.7. The molecule has 1 saturated heterocycles. The summed E-state index contributed by atoms with van der Waals surface area (Å²) in [6.45, 7) is 1.97. The van der Waals surface area contributed by atoms with E-state index in [0.29, 0.717) is 6.54 Å². The number of piperidine rings is 1. The van der Waals surface area contributed by atoms with Gasteiger partial charge in [0.2, 0.25) is 5.91 Å². The van der Waals surface area contributed by atoms with Crippen LogP contribution in [0.5, 0.6) is 0 Å². The van der Waals surface area contributed by atoms with Gasteiger partial charge >= 0.3 is 0 Å². The van der Waals surface area contributed by atoms with Crippen molar-refractivity contribution in [2.24, 2.45) is 21.9 Å². The fourth-order valence-corrected chi connectivity index (χ4v) is 3.14. The van der Waals surface area contributed by atoms with Crippen molar-refractivity contribution in [1.29, 1.82) is 0 Å². The van der Waals surface area contributed by atoms with Gasteiger partial charge in [-0.15, -0.1) is 0 Å². The molecule has 1 aliphatic heterocycles. The zero-order chi connectivity index (χ0) is 19.1. The second kappa shape index (κ2) is 9.05. The molecule has 0 saturated carbocycles. The highest BCUT2D eigenvalue weighted by Gasteiger charge is 2.26. The molecular formula is C20H24N5O2+. The number of benzene rings is 2. The summed E-state index contributed by atoms with van der Waals surface area (Å²) in [5.74, 6) is -0.321. The molecule has 0 aliphatic carbocycles. The monoisotopic (exact) mass is 366 g/mol. The van der Waals surface area contributed by atoms with Gasteiger partial charge in [0.25, 0.3) is 5.91 Å². The number of anilines is 1. The molecule has 7 nitrogen and oxygen atoms in total. The Kier molecular flexibility index (Phi) is 6.27. The molecule has 1 fully saturated rings. The van der Waals surface area contributed by atoms with Crippen LogP contribution in [0.25, 0.3) is 0 Å². The molecule has 0 atom stereocenters. The van der Waals surface area contributed by atoms with Crippen LogP contribution in [0.1, 0.15) is 12.8 Å². The molecule has 7 heteroatoms. The van der Waals surface area contributed by atoms with E-state index in [2.05, 4.69) is 15.5 Å². The maximum absolute atomic E-state index is 12.2. The molecule has 0 spiro atoms. The second-order valence-electron chi connectivity index (χ2n) is 6.73. The Morgan fingerprint density at radius 3 is 2.15 bits per heavy atom. The predicted octanol–water partition coefficient (Wildman–Crippen LogP) is 1.82. The minimum atomic E-state index is -0.233. The topological polar surface area (TPSA) is 101 Å². The molecule has 140 valence electrons. The summed E-state index contributed by atoms with van der Waals surface area (Å²) in [6, 6.07) is 16.8. The second-order valence-corrected chi connectivity index (χ2v) is 6.73. The molecule has 1 heterocycles. The maximum atomic E-state index is 12.2. The molecule has 0 aromatic heterocycles. The van der Waals surface area contributed by atoms with Crippen LogP contribution in [0, 0.1) is 5.92 Å². The Bertz CT molecular complexity index is 797. The van der Waals surface area contributed by atoms with Crippen molar-refractivity contribution in [3.05, 3.63) is 54.6 Å². The molecule has 27 heavy (non-hydrogen) atoms. The molecule has 2 amide bonds. The van der Waals surface area contributed by atoms with E-state index in [-0.39, 0.29) is 17.7 Å². The van der Waals surface area contributed by atoms with Crippen molar-refractivity contribution < 1.29 is 14.5 Å². The van der Waals surface area contributed by atoms with E-state index < -0.39 is 0 Å². The van der Waals surface area contributed by atoms with Gasteiger partial charge in [-0.3, -0.25) is 9.59 Å². The number of primary amides is 1. The fourth-order valence-electron chi connectivity index (χ4n) is 3.14. The standard InChI is InChI=1S/C20H23N5O2/c21-20(27)15-10-12-25(13-11-15)14-19(26)22-16-6-8-18(9-7-16)24-23-17-4-2-1-3-5-17/h1-9,15H,10-14H2,(H2,21,27)(H,22,26)/p+1. The number of nitrogens with two attached hydrogens (primary N) is 1. The third kappa shape index (κ3) is 5.72. The largest absolute Gasteiger partial charge is 0.369 e. The summed E-state index contributed by atoms with van der Waals surface area (Å²) < 4.78 is 0. The lowest BCUT2D eigenvalue weighted by Crippen LogP contribution is -3.14. The van der Waals surface area contributed by atoms with Crippen molar-refractivity contribution in [2.75, 3.05) is 25.0 Å². The number of nitrogens with zero attached hydrogens (tertiary/aromatic N) is 2. The Labute approximate surface area is 158 Å². The molecule has 0 bridgehead atoms. The summed E-state index contributed by atoms with van der Waals surface area (Å²) in [5, 5.41) is 11.2. The van der Waals surface area contributed by atoms with Gasteiger partial charge in [-0.25, -0.2) is 0 Å². The summed E-state index contributed by atoms with van der Waals surface area (Å²) in [5.41, 5.74) is 7.58. The summed E-state index contributed by atoms with van der Waals surface area (Å²) in [6.07, 6.45) is 1.50. The summed E-state index contributed by atoms with van der Waals surface area (Å²) >= 11 is 0. The number of quaternary nitrogens is 1. The molecule has 2 aromatic carbocycles. The van der Waals surface area contributed by atoms with Gasteiger partial charge in [0.05, 0.1) is 24.5 Å². The van der Waals surface area contributed by atoms with Crippen LogP contribution in [-0.2, 0) is 9.59 Å². The van der Waals surface area contributed by atoms with Gasteiger partial charge in [0.15, 0.2) is 6.54 Å². The van der Waals surface area contributed by atoms with E-state index in [0.717, 1.165) is 43.0 Å². The molecule has 0 unspecified atom stereocenters. The van der Waals surface area contributed by atoms with Gasteiger partial charge < -0.3 is 16.0 Å². The van der Waals surface area contributed by atoms with E-state index >= 15 is 0 Å². The van der Waals surface area contributed by atoms with Crippen molar-refractivity contribution in [1.82, 2.24) is 0 Å². The maximum Gasteiger partial charge on any atom is 0.279 e. The van der Waals surface area contributed by atoms with Gasteiger partial charge in [-0.1, -0.05) is 18.2 Å². The lowest BCUT2D eigenvalue weighted by Gasteiger charge is -2.27. The first kappa shape index (κ1) is 18.7. The quantitative estimate of drug-likeness (QED) is 0.679. The number of hydrogen-bond donors (Lipinski definition) is 3. The number of likely N-dealkylation sites (tertiary alicyclic amines) is 1. The van der Waals surface area contributed by atoms with Crippen LogP contribution < -0.4 is 16.0 Å². The summed E-state index contributed by atoms with van der Waals surface area (Å²) in [4.78, 5) is 24.6. The number of amides is 2. The Morgan fingerprint density at radius 1 is 0.963 bits per heavy atom. The van der Waals surface area contributed by atoms with Crippen molar-refractivity contribution in [3.8, 4) is 0 Å². The molecule has 2 aromatic rings. The predicted molar refractivity (Wildman–Crippen MR) is 103 cm³/mol.